The highest BCUT2D eigenvalue weighted by Gasteiger charge is 2.40. The maximum absolute atomic E-state index is 13.6. The number of para-hydroxylation sites is 1. The summed E-state index contributed by atoms with van der Waals surface area (Å²) in [6.07, 6.45) is 3.01. The van der Waals surface area contributed by atoms with E-state index in [2.05, 4.69) is 5.32 Å². The van der Waals surface area contributed by atoms with Gasteiger partial charge >= 0.3 is 0 Å². The minimum absolute atomic E-state index is 0.168. The van der Waals surface area contributed by atoms with Crippen LogP contribution >= 0.6 is 11.8 Å². The molecule has 1 saturated heterocycles. The van der Waals surface area contributed by atoms with Crippen molar-refractivity contribution < 1.29 is 19.1 Å². The smallest absolute Gasteiger partial charge is 0.258 e. The number of nitrogens with zero attached hydrogens (tertiary/aromatic N) is 2. The molecule has 3 N–H and O–H groups in total. The number of amides is 2. The number of nitrogens with two attached hydrogens (primary N) is 1. The van der Waals surface area contributed by atoms with Crippen LogP contribution in [0.25, 0.3) is 0 Å². The molecule has 9 heteroatoms. The number of likely N-dealkylation sites (tertiary alicyclic amines) is 1. The molecule has 2 aromatic rings. The predicted octanol–water partition coefficient (Wildman–Crippen LogP) is 4.33. The summed E-state index contributed by atoms with van der Waals surface area (Å²) in [6, 6.07) is 11.1. The lowest BCUT2D eigenvalue weighted by Crippen LogP contribution is -2.38. The van der Waals surface area contributed by atoms with Crippen LogP contribution in [0.3, 0.4) is 0 Å². The molecule has 1 fully saturated rings. The van der Waals surface area contributed by atoms with Gasteiger partial charge in [-0.2, -0.15) is 0 Å². The fourth-order valence-corrected chi connectivity index (χ4v) is 5.53. The number of anilines is 1. The summed E-state index contributed by atoms with van der Waals surface area (Å²) in [4.78, 5) is 33.8. The van der Waals surface area contributed by atoms with E-state index < -0.39 is 5.25 Å². The number of hydrogen-bond donors (Lipinski definition) is 2. The van der Waals surface area contributed by atoms with Crippen LogP contribution in [0.5, 0.6) is 11.5 Å². The number of methoxy groups -OCH3 is 2. The van der Waals surface area contributed by atoms with Crippen molar-refractivity contribution in [1.29, 1.82) is 0 Å². The molecule has 8 nitrogen and oxygen atoms in total. The summed E-state index contributed by atoms with van der Waals surface area (Å²) in [6.45, 7) is 5.30. The molecule has 1 atom stereocenters. The Kier molecular flexibility index (Phi) is 7.88. The lowest BCUT2D eigenvalue weighted by Gasteiger charge is -2.27. The summed E-state index contributed by atoms with van der Waals surface area (Å²) in [5.41, 5.74) is 10.3. The van der Waals surface area contributed by atoms with Crippen molar-refractivity contribution in [2.75, 3.05) is 32.6 Å². The first-order valence-corrected chi connectivity index (χ1v) is 12.9. The number of nitrogens with one attached hydrogen (secondary N) is 1. The van der Waals surface area contributed by atoms with Crippen LogP contribution in [0.15, 0.2) is 52.7 Å². The fraction of sp³-hybridized carbons (Fsp3) is 0.370. The quantitative estimate of drug-likeness (QED) is 0.602. The number of aliphatic imine (C=N–C) groups is 1. The number of aryl methyl sites for hydroxylation is 2. The molecule has 0 aromatic heterocycles. The molecule has 0 saturated carbocycles. The lowest BCUT2D eigenvalue weighted by atomic mass is 10.1. The second kappa shape index (κ2) is 11.1. The molecular weight excluding hydrogens is 476 g/mol. The highest BCUT2D eigenvalue weighted by atomic mass is 32.2. The second-order valence-electron chi connectivity index (χ2n) is 8.89. The van der Waals surface area contributed by atoms with Crippen molar-refractivity contribution in [3.63, 3.8) is 0 Å². The average molecular weight is 509 g/mol. The summed E-state index contributed by atoms with van der Waals surface area (Å²) in [5, 5.41) is 2.55. The van der Waals surface area contributed by atoms with E-state index >= 15 is 0 Å². The Bertz CT molecular complexity index is 1210. The average Bonchev–Trinajstić information content (AvgIpc) is 3.22. The Labute approximate surface area is 215 Å². The Balaban J connectivity index is 1.71. The Morgan fingerprint density at radius 2 is 1.75 bits per heavy atom. The SMILES string of the molecule is COc1ccc(OC)c(NC(=O)[C@H]2SC(=Nc3c(C)cccc3C)C(C(=O)N3CCCCC3)=C2N)c1. The molecule has 36 heavy (non-hydrogen) atoms. The van der Waals surface area contributed by atoms with E-state index in [1.54, 1.807) is 25.3 Å². The standard InChI is InChI=1S/C27H32N4O4S/c1-16-9-8-10-17(2)23(16)30-26-21(27(33)31-13-6-5-7-14-31)22(28)24(36-26)25(32)29-19-15-18(34-3)11-12-20(19)35-4/h8-12,15,24H,5-7,13-14,28H2,1-4H3,(H,29,32)/t24-/m0/s1. The minimum atomic E-state index is -0.812. The van der Waals surface area contributed by atoms with Gasteiger partial charge in [-0.3, -0.25) is 9.59 Å². The number of thioether (sulfide) groups is 1. The zero-order valence-corrected chi connectivity index (χ0v) is 21.9. The Morgan fingerprint density at radius 3 is 2.39 bits per heavy atom. The van der Waals surface area contributed by atoms with E-state index in [1.165, 1.54) is 18.9 Å². The zero-order valence-electron chi connectivity index (χ0n) is 21.1. The van der Waals surface area contributed by atoms with Gasteiger partial charge in [0.1, 0.15) is 21.8 Å². The molecular formula is C27H32N4O4S. The van der Waals surface area contributed by atoms with Gasteiger partial charge in [0, 0.05) is 24.9 Å². The van der Waals surface area contributed by atoms with Gasteiger partial charge in [-0.1, -0.05) is 30.0 Å². The number of hydrogen-bond acceptors (Lipinski definition) is 7. The molecule has 2 aliphatic rings. The molecule has 190 valence electrons. The maximum atomic E-state index is 13.6. The Morgan fingerprint density at radius 1 is 1.06 bits per heavy atom. The molecule has 0 bridgehead atoms. The third-order valence-corrected chi connectivity index (χ3v) is 7.65. The van der Waals surface area contributed by atoms with Crippen molar-refractivity contribution in [2.24, 2.45) is 10.7 Å². The number of carbonyl (C=O) groups excluding carboxylic acids is 2. The van der Waals surface area contributed by atoms with Crippen molar-refractivity contribution in [1.82, 2.24) is 4.90 Å². The predicted molar refractivity (Wildman–Crippen MR) is 144 cm³/mol. The summed E-state index contributed by atoms with van der Waals surface area (Å²) in [7, 11) is 3.08. The molecule has 0 radical (unpaired) electrons. The number of ether oxygens (including phenoxy) is 2. The highest BCUT2D eigenvalue weighted by Crippen LogP contribution is 2.38. The molecule has 4 rings (SSSR count). The number of piperidine rings is 1. The van der Waals surface area contributed by atoms with Gasteiger partial charge < -0.3 is 25.4 Å². The third-order valence-electron chi connectivity index (χ3n) is 6.43. The van der Waals surface area contributed by atoms with Gasteiger partial charge in [0.15, 0.2) is 0 Å². The fourth-order valence-electron chi connectivity index (χ4n) is 4.43. The molecule has 2 aliphatic heterocycles. The number of benzene rings is 2. The molecule has 2 heterocycles. The first-order valence-electron chi connectivity index (χ1n) is 12.0. The van der Waals surface area contributed by atoms with E-state index in [9.17, 15) is 9.59 Å². The van der Waals surface area contributed by atoms with Crippen molar-refractivity contribution in [3.05, 3.63) is 58.8 Å². The van der Waals surface area contributed by atoms with Crippen LogP contribution in [0.2, 0.25) is 0 Å². The number of rotatable bonds is 6. The van der Waals surface area contributed by atoms with E-state index in [0.29, 0.717) is 40.9 Å². The molecule has 0 unspecified atom stereocenters. The zero-order chi connectivity index (χ0) is 25.8. The molecule has 2 amide bonds. The van der Waals surface area contributed by atoms with Crippen LogP contribution in [-0.4, -0.2) is 54.3 Å². The molecule has 2 aromatic carbocycles. The maximum Gasteiger partial charge on any atom is 0.258 e. The highest BCUT2D eigenvalue weighted by molar-refractivity contribution is 8.16. The van der Waals surface area contributed by atoms with Gasteiger partial charge in [-0.05, 0) is 56.4 Å². The largest absolute Gasteiger partial charge is 0.497 e. The first kappa shape index (κ1) is 25.6. The molecule has 0 spiro atoms. The first-order chi connectivity index (χ1) is 17.3. The van der Waals surface area contributed by atoms with Gasteiger partial charge in [-0.15, -0.1) is 0 Å². The van der Waals surface area contributed by atoms with Crippen LogP contribution in [0, 0.1) is 13.8 Å². The summed E-state index contributed by atoms with van der Waals surface area (Å²) < 4.78 is 10.7. The third kappa shape index (κ3) is 5.21. The Hall–Kier alpha value is -3.46. The minimum Gasteiger partial charge on any atom is -0.497 e. The van der Waals surface area contributed by atoms with E-state index in [-0.39, 0.29) is 17.5 Å². The van der Waals surface area contributed by atoms with Crippen LogP contribution in [0.1, 0.15) is 30.4 Å². The van der Waals surface area contributed by atoms with Crippen LogP contribution < -0.4 is 20.5 Å². The number of carbonyl (C=O) groups is 2. The summed E-state index contributed by atoms with van der Waals surface area (Å²) in [5.74, 6) is 0.536. The summed E-state index contributed by atoms with van der Waals surface area (Å²) >= 11 is 1.20. The van der Waals surface area contributed by atoms with E-state index in [0.717, 1.165) is 36.1 Å². The molecule has 0 aliphatic carbocycles. The van der Waals surface area contributed by atoms with Gasteiger partial charge in [0.25, 0.3) is 5.91 Å². The van der Waals surface area contributed by atoms with Crippen molar-refractivity contribution in [2.45, 2.75) is 38.4 Å². The lowest BCUT2D eigenvalue weighted by molar-refractivity contribution is -0.127. The second-order valence-corrected chi connectivity index (χ2v) is 9.99. The topological polar surface area (TPSA) is 106 Å². The van der Waals surface area contributed by atoms with E-state index in [1.807, 2.05) is 36.9 Å². The van der Waals surface area contributed by atoms with Crippen molar-refractivity contribution >= 4 is 40.0 Å². The van der Waals surface area contributed by atoms with Crippen LogP contribution in [0.4, 0.5) is 11.4 Å². The van der Waals surface area contributed by atoms with Gasteiger partial charge in [0.2, 0.25) is 5.91 Å². The van der Waals surface area contributed by atoms with Gasteiger partial charge in [0.05, 0.1) is 31.2 Å². The van der Waals surface area contributed by atoms with Crippen LogP contribution in [-0.2, 0) is 9.59 Å². The van der Waals surface area contributed by atoms with Crippen molar-refractivity contribution in [3.8, 4) is 11.5 Å². The normalized spacial score (nSPS) is 18.9. The monoisotopic (exact) mass is 508 g/mol. The van der Waals surface area contributed by atoms with E-state index in [4.69, 9.17) is 20.2 Å². The van der Waals surface area contributed by atoms with Gasteiger partial charge in [-0.25, -0.2) is 4.99 Å².